The lowest BCUT2D eigenvalue weighted by molar-refractivity contribution is -0.387. The molecule has 3 N–H and O–H groups in total. The van der Waals surface area contributed by atoms with Crippen LogP contribution in [0, 0.1) is 10.1 Å². The Morgan fingerprint density at radius 2 is 1.66 bits per heavy atom. The van der Waals surface area contributed by atoms with Crippen molar-refractivity contribution in [1.29, 1.82) is 0 Å². The first-order chi connectivity index (χ1) is 18.3. The molecular formula is C29H29N3O5S. The van der Waals surface area contributed by atoms with Crippen molar-refractivity contribution < 1.29 is 18.4 Å². The monoisotopic (exact) mass is 531 g/mol. The summed E-state index contributed by atoms with van der Waals surface area (Å²) in [7, 11) is -4.22. The van der Waals surface area contributed by atoms with E-state index in [1.54, 1.807) is 0 Å². The van der Waals surface area contributed by atoms with Gasteiger partial charge in [-0.2, -0.15) is 0 Å². The van der Waals surface area contributed by atoms with Crippen molar-refractivity contribution in [3.8, 4) is 0 Å². The SMILES string of the molecule is O=[N+]([O-])c1ccccc1S(=O)(=O)NCC1(O)CCC(CNCc2cccc3ccccc23)c2ccccc21. The molecule has 0 fully saturated rings. The lowest BCUT2D eigenvalue weighted by Gasteiger charge is -2.38. The minimum Gasteiger partial charge on any atom is -0.384 e. The van der Waals surface area contributed by atoms with Gasteiger partial charge in [-0.05, 0) is 52.3 Å². The molecule has 9 heteroatoms. The zero-order valence-corrected chi connectivity index (χ0v) is 21.5. The van der Waals surface area contributed by atoms with Crippen LogP contribution in [0.1, 0.15) is 35.4 Å². The van der Waals surface area contributed by atoms with Gasteiger partial charge >= 0.3 is 0 Å². The molecule has 0 heterocycles. The molecule has 1 aliphatic rings. The molecule has 0 aliphatic heterocycles. The van der Waals surface area contributed by atoms with Gasteiger partial charge in [0.25, 0.3) is 5.69 Å². The van der Waals surface area contributed by atoms with Crippen LogP contribution in [0.5, 0.6) is 0 Å². The van der Waals surface area contributed by atoms with Crippen LogP contribution in [0.4, 0.5) is 5.69 Å². The molecular weight excluding hydrogens is 502 g/mol. The molecule has 0 radical (unpaired) electrons. The summed E-state index contributed by atoms with van der Waals surface area (Å²) in [6, 6.07) is 27.3. The number of aliphatic hydroxyl groups is 1. The Morgan fingerprint density at radius 1 is 0.947 bits per heavy atom. The van der Waals surface area contributed by atoms with Gasteiger partial charge in [0.05, 0.1) is 4.92 Å². The molecule has 4 aromatic rings. The van der Waals surface area contributed by atoms with Crippen molar-refractivity contribution in [3.05, 3.63) is 118 Å². The van der Waals surface area contributed by atoms with E-state index in [-0.39, 0.29) is 12.5 Å². The van der Waals surface area contributed by atoms with Crippen molar-refractivity contribution in [1.82, 2.24) is 10.0 Å². The maximum Gasteiger partial charge on any atom is 0.289 e. The number of nitrogens with one attached hydrogen (secondary N) is 2. The molecule has 4 aromatic carbocycles. The summed E-state index contributed by atoms with van der Waals surface area (Å²) in [4.78, 5) is 10.2. The van der Waals surface area contributed by atoms with E-state index in [2.05, 4.69) is 40.4 Å². The van der Waals surface area contributed by atoms with Crippen LogP contribution in [0.25, 0.3) is 10.8 Å². The predicted octanol–water partition coefficient (Wildman–Crippen LogP) is 4.58. The Hall–Kier alpha value is -3.63. The average Bonchev–Trinajstić information content (AvgIpc) is 2.94. The van der Waals surface area contributed by atoms with E-state index < -0.39 is 31.1 Å². The van der Waals surface area contributed by atoms with Gasteiger partial charge in [0.1, 0.15) is 5.60 Å². The number of sulfonamides is 1. The largest absolute Gasteiger partial charge is 0.384 e. The maximum atomic E-state index is 13.0. The molecule has 0 amide bonds. The third-order valence-electron chi connectivity index (χ3n) is 7.30. The summed E-state index contributed by atoms with van der Waals surface area (Å²) in [6.07, 6.45) is 1.01. The first kappa shape index (κ1) is 26.0. The standard InChI is InChI=1S/C29H29N3O5S/c33-29(20-31-38(36,37)28-15-6-5-14-27(28)32(34)35)17-16-23(25-12-3-4-13-26(25)29)19-30-18-22-10-7-9-21-8-1-2-11-24(21)22/h1-15,23,30-31,33H,16-20H2. The number of nitro groups is 1. The topological polar surface area (TPSA) is 122 Å². The summed E-state index contributed by atoms with van der Waals surface area (Å²) >= 11 is 0. The second kappa shape index (κ2) is 10.6. The fraction of sp³-hybridized carbons (Fsp3) is 0.241. The van der Waals surface area contributed by atoms with E-state index in [4.69, 9.17) is 0 Å². The Bertz CT molecular complexity index is 1580. The molecule has 0 spiro atoms. The Kier molecular flexibility index (Phi) is 7.27. The van der Waals surface area contributed by atoms with Crippen LogP contribution < -0.4 is 10.0 Å². The fourth-order valence-corrected chi connectivity index (χ4v) is 6.59. The average molecular weight is 532 g/mol. The second-order valence-corrected chi connectivity index (χ2v) is 11.4. The lowest BCUT2D eigenvalue weighted by Crippen LogP contribution is -2.44. The first-order valence-corrected chi connectivity index (χ1v) is 14.0. The first-order valence-electron chi connectivity index (χ1n) is 12.5. The van der Waals surface area contributed by atoms with Gasteiger partial charge in [0.15, 0.2) is 4.90 Å². The van der Waals surface area contributed by atoms with Gasteiger partial charge in [-0.25, -0.2) is 13.1 Å². The van der Waals surface area contributed by atoms with Crippen molar-refractivity contribution in [2.45, 2.75) is 35.8 Å². The highest BCUT2D eigenvalue weighted by Gasteiger charge is 2.39. The highest BCUT2D eigenvalue weighted by atomic mass is 32.2. The Morgan fingerprint density at radius 3 is 2.50 bits per heavy atom. The molecule has 0 bridgehead atoms. The van der Waals surface area contributed by atoms with Gasteiger partial charge in [-0.3, -0.25) is 10.1 Å². The van der Waals surface area contributed by atoms with E-state index in [0.717, 1.165) is 11.6 Å². The molecule has 5 rings (SSSR count). The molecule has 0 saturated heterocycles. The summed E-state index contributed by atoms with van der Waals surface area (Å²) in [6.45, 7) is 1.13. The molecule has 38 heavy (non-hydrogen) atoms. The van der Waals surface area contributed by atoms with Crippen molar-refractivity contribution in [2.24, 2.45) is 0 Å². The van der Waals surface area contributed by atoms with Crippen LogP contribution in [-0.4, -0.2) is 31.5 Å². The normalized spacial score (nSPS) is 19.2. The third kappa shape index (κ3) is 5.19. The van der Waals surface area contributed by atoms with Crippen LogP contribution in [0.2, 0.25) is 0 Å². The van der Waals surface area contributed by atoms with E-state index in [0.29, 0.717) is 31.5 Å². The molecule has 2 unspecified atom stereocenters. The molecule has 0 saturated carbocycles. The lowest BCUT2D eigenvalue weighted by atomic mass is 9.74. The van der Waals surface area contributed by atoms with Gasteiger partial charge in [0, 0.05) is 25.7 Å². The van der Waals surface area contributed by atoms with Crippen LogP contribution >= 0.6 is 0 Å². The van der Waals surface area contributed by atoms with Gasteiger partial charge in [-0.1, -0.05) is 78.9 Å². The predicted molar refractivity (Wildman–Crippen MR) is 146 cm³/mol. The molecule has 0 aromatic heterocycles. The molecule has 8 nitrogen and oxygen atoms in total. The van der Waals surface area contributed by atoms with Gasteiger partial charge < -0.3 is 10.4 Å². The van der Waals surface area contributed by atoms with E-state index in [9.17, 15) is 23.6 Å². The van der Waals surface area contributed by atoms with E-state index in [1.807, 2.05) is 36.4 Å². The van der Waals surface area contributed by atoms with Crippen LogP contribution in [0.3, 0.4) is 0 Å². The van der Waals surface area contributed by atoms with Gasteiger partial charge in [0.2, 0.25) is 10.0 Å². The Balaban J connectivity index is 1.30. The Labute approximate surface area is 221 Å². The summed E-state index contributed by atoms with van der Waals surface area (Å²) in [5, 5.41) is 28.9. The molecule has 1 aliphatic carbocycles. The number of fused-ring (bicyclic) bond motifs is 2. The zero-order valence-electron chi connectivity index (χ0n) is 20.7. The van der Waals surface area contributed by atoms with E-state index >= 15 is 0 Å². The van der Waals surface area contributed by atoms with Crippen LogP contribution in [0.15, 0.2) is 95.9 Å². The summed E-state index contributed by atoms with van der Waals surface area (Å²) in [5.74, 6) is 0.147. The number of nitro benzene ring substituents is 1. The minimum absolute atomic E-state index is 0.147. The number of nitrogens with zero attached hydrogens (tertiary/aromatic N) is 1. The van der Waals surface area contributed by atoms with Crippen molar-refractivity contribution in [2.75, 3.05) is 13.1 Å². The highest BCUT2D eigenvalue weighted by molar-refractivity contribution is 7.89. The van der Waals surface area contributed by atoms with Crippen molar-refractivity contribution in [3.63, 3.8) is 0 Å². The van der Waals surface area contributed by atoms with Gasteiger partial charge in [-0.15, -0.1) is 0 Å². The second-order valence-electron chi connectivity index (χ2n) is 9.67. The number of para-hydroxylation sites is 1. The molecule has 2 atom stereocenters. The smallest absolute Gasteiger partial charge is 0.289 e. The number of benzene rings is 4. The number of rotatable bonds is 9. The highest BCUT2D eigenvalue weighted by Crippen LogP contribution is 2.41. The van der Waals surface area contributed by atoms with E-state index in [1.165, 1.54) is 34.5 Å². The molecule has 196 valence electrons. The minimum atomic E-state index is -4.22. The maximum absolute atomic E-state index is 13.0. The number of hydrogen-bond donors (Lipinski definition) is 3. The third-order valence-corrected chi connectivity index (χ3v) is 8.75. The quantitative estimate of drug-likeness (QED) is 0.215. The van der Waals surface area contributed by atoms with Crippen molar-refractivity contribution >= 4 is 26.5 Å². The zero-order chi connectivity index (χ0) is 26.8. The summed E-state index contributed by atoms with van der Waals surface area (Å²) < 4.78 is 28.3. The summed E-state index contributed by atoms with van der Waals surface area (Å²) in [5.41, 5.74) is 0.922. The fourth-order valence-electron chi connectivity index (χ4n) is 5.33. The number of hydrogen-bond acceptors (Lipinski definition) is 6. The van der Waals surface area contributed by atoms with Crippen LogP contribution in [-0.2, 0) is 22.2 Å².